The highest BCUT2D eigenvalue weighted by atomic mass is 16.5. The first-order chi connectivity index (χ1) is 9.74. The number of carbonyl (C=O) groups is 1. The summed E-state index contributed by atoms with van der Waals surface area (Å²) in [5.74, 6) is 0.0386. The van der Waals surface area contributed by atoms with Gasteiger partial charge in [-0.15, -0.1) is 0 Å². The van der Waals surface area contributed by atoms with Crippen molar-refractivity contribution in [1.82, 2.24) is 10.6 Å². The Bertz CT molecular complexity index is 442. The van der Waals surface area contributed by atoms with Crippen molar-refractivity contribution in [3.63, 3.8) is 0 Å². The summed E-state index contributed by atoms with van der Waals surface area (Å²) in [6.45, 7) is 3.63. The fourth-order valence-electron chi connectivity index (χ4n) is 2.54. The molecule has 0 atom stereocenters. The summed E-state index contributed by atoms with van der Waals surface area (Å²) in [5.41, 5.74) is 1.89. The van der Waals surface area contributed by atoms with Gasteiger partial charge in [0.2, 0.25) is 0 Å². The van der Waals surface area contributed by atoms with Gasteiger partial charge in [-0.1, -0.05) is 18.2 Å². The molecule has 1 fully saturated rings. The number of likely N-dealkylation sites (N-methyl/N-ethyl adjacent to an activating group) is 1. The Morgan fingerprint density at radius 3 is 2.80 bits per heavy atom. The van der Waals surface area contributed by atoms with E-state index in [1.807, 2.05) is 38.2 Å². The molecule has 0 saturated heterocycles. The maximum absolute atomic E-state index is 12.3. The molecule has 2 rings (SSSR count). The van der Waals surface area contributed by atoms with Crippen LogP contribution in [0, 0.1) is 0 Å². The van der Waals surface area contributed by atoms with E-state index in [2.05, 4.69) is 10.6 Å². The van der Waals surface area contributed by atoms with Crippen LogP contribution >= 0.6 is 0 Å². The minimum absolute atomic E-state index is 0.0386. The summed E-state index contributed by atoms with van der Waals surface area (Å²) >= 11 is 0. The van der Waals surface area contributed by atoms with Crippen molar-refractivity contribution in [3.05, 3.63) is 35.4 Å². The second-order valence-corrected chi connectivity index (χ2v) is 5.23. The third-order valence-corrected chi connectivity index (χ3v) is 3.74. The molecule has 1 saturated carbocycles. The lowest BCUT2D eigenvalue weighted by molar-refractivity contribution is -0.00863. The Balaban J connectivity index is 1.89. The van der Waals surface area contributed by atoms with Crippen molar-refractivity contribution in [1.29, 1.82) is 0 Å². The van der Waals surface area contributed by atoms with Gasteiger partial charge in [-0.2, -0.15) is 0 Å². The lowest BCUT2D eigenvalue weighted by Crippen LogP contribution is -2.48. The summed E-state index contributed by atoms with van der Waals surface area (Å²) in [6.07, 6.45) is 3.05. The Labute approximate surface area is 120 Å². The van der Waals surface area contributed by atoms with Gasteiger partial charge < -0.3 is 15.4 Å². The number of rotatable bonds is 7. The number of nitrogens with one attached hydrogen (secondary N) is 2. The fourth-order valence-corrected chi connectivity index (χ4v) is 2.54. The minimum atomic E-state index is 0.0386. The molecular weight excluding hydrogens is 252 g/mol. The van der Waals surface area contributed by atoms with Crippen LogP contribution in [0.15, 0.2) is 24.3 Å². The molecule has 4 nitrogen and oxygen atoms in total. The number of hydrogen-bond donors (Lipinski definition) is 2. The maximum atomic E-state index is 12.3. The normalized spacial score (nSPS) is 21.3. The largest absolute Gasteiger partial charge is 0.378 e. The van der Waals surface area contributed by atoms with Gasteiger partial charge in [-0.05, 0) is 51.4 Å². The first kappa shape index (κ1) is 15.0. The Morgan fingerprint density at radius 2 is 2.10 bits per heavy atom. The van der Waals surface area contributed by atoms with Crippen LogP contribution in [0.2, 0.25) is 0 Å². The van der Waals surface area contributed by atoms with E-state index in [0.717, 1.165) is 43.5 Å². The molecule has 20 heavy (non-hydrogen) atoms. The lowest BCUT2D eigenvalue weighted by atomic mass is 9.88. The van der Waals surface area contributed by atoms with E-state index in [-0.39, 0.29) is 11.9 Å². The average molecular weight is 276 g/mol. The topological polar surface area (TPSA) is 50.4 Å². The monoisotopic (exact) mass is 276 g/mol. The Kier molecular flexibility index (Phi) is 5.56. The Morgan fingerprint density at radius 1 is 1.35 bits per heavy atom. The summed E-state index contributed by atoms with van der Waals surface area (Å²) in [5, 5.41) is 6.22. The second kappa shape index (κ2) is 7.41. The van der Waals surface area contributed by atoms with E-state index in [1.165, 1.54) is 0 Å². The molecule has 0 aliphatic heterocycles. The van der Waals surface area contributed by atoms with E-state index in [1.54, 1.807) is 0 Å². The SMILES string of the molecule is CCOC1CC(NC(=O)c2ccccc2CCNC)C1. The van der Waals surface area contributed by atoms with Crippen LogP contribution in [0.5, 0.6) is 0 Å². The molecule has 0 bridgehead atoms. The first-order valence-corrected chi connectivity index (χ1v) is 7.39. The van der Waals surface area contributed by atoms with Crippen molar-refractivity contribution in [3.8, 4) is 0 Å². The summed E-state index contributed by atoms with van der Waals surface area (Å²) in [7, 11) is 1.92. The van der Waals surface area contributed by atoms with Crippen LogP contribution in [0.4, 0.5) is 0 Å². The highest BCUT2D eigenvalue weighted by Crippen LogP contribution is 2.23. The summed E-state index contributed by atoms with van der Waals surface area (Å²) < 4.78 is 5.51. The molecular formula is C16H24N2O2. The zero-order chi connectivity index (χ0) is 14.4. The van der Waals surface area contributed by atoms with Crippen LogP contribution in [0.3, 0.4) is 0 Å². The lowest BCUT2D eigenvalue weighted by Gasteiger charge is -2.35. The third-order valence-electron chi connectivity index (χ3n) is 3.74. The molecule has 0 aromatic heterocycles. The van der Waals surface area contributed by atoms with E-state index < -0.39 is 0 Å². The molecule has 0 radical (unpaired) electrons. The molecule has 4 heteroatoms. The summed E-state index contributed by atoms with van der Waals surface area (Å²) in [6, 6.07) is 8.09. The van der Waals surface area contributed by atoms with Gasteiger partial charge in [0.1, 0.15) is 0 Å². The van der Waals surface area contributed by atoms with Crippen LogP contribution in [0.1, 0.15) is 35.7 Å². The van der Waals surface area contributed by atoms with Gasteiger partial charge in [0, 0.05) is 18.2 Å². The van der Waals surface area contributed by atoms with Gasteiger partial charge in [0.15, 0.2) is 0 Å². The van der Waals surface area contributed by atoms with Gasteiger partial charge >= 0.3 is 0 Å². The zero-order valence-corrected chi connectivity index (χ0v) is 12.3. The van der Waals surface area contributed by atoms with E-state index in [9.17, 15) is 4.79 Å². The molecule has 0 unspecified atom stereocenters. The van der Waals surface area contributed by atoms with Crippen LogP contribution in [-0.2, 0) is 11.2 Å². The third kappa shape index (κ3) is 3.81. The van der Waals surface area contributed by atoms with Crippen molar-refractivity contribution in [2.45, 2.75) is 38.3 Å². The summed E-state index contributed by atoms with van der Waals surface area (Å²) in [4.78, 5) is 12.3. The van der Waals surface area contributed by atoms with Gasteiger partial charge in [0.05, 0.1) is 6.10 Å². The molecule has 110 valence electrons. The van der Waals surface area contributed by atoms with Crippen molar-refractivity contribution in [2.24, 2.45) is 0 Å². The van der Waals surface area contributed by atoms with E-state index >= 15 is 0 Å². The molecule has 0 heterocycles. The second-order valence-electron chi connectivity index (χ2n) is 5.23. The predicted molar refractivity (Wildman–Crippen MR) is 80.0 cm³/mol. The quantitative estimate of drug-likeness (QED) is 0.797. The van der Waals surface area contributed by atoms with Crippen molar-refractivity contribution in [2.75, 3.05) is 20.2 Å². The van der Waals surface area contributed by atoms with Gasteiger partial charge in [0.25, 0.3) is 5.91 Å². The molecule has 1 aromatic carbocycles. The number of amides is 1. The smallest absolute Gasteiger partial charge is 0.251 e. The maximum Gasteiger partial charge on any atom is 0.251 e. The van der Waals surface area contributed by atoms with Crippen LogP contribution in [0.25, 0.3) is 0 Å². The minimum Gasteiger partial charge on any atom is -0.378 e. The number of carbonyl (C=O) groups excluding carboxylic acids is 1. The van der Waals surface area contributed by atoms with E-state index in [4.69, 9.17) is 4.74 Å². The van der Waals surface area contributed by atoms with Gasteiger partial charge in [-0.3, -0.25) is 4.79 Å². The van der Waals surface area contributed by atoms with Crippen LogP contribution < -0.4 is 10.6 Å². The zero-order valence-electron chi connectivity index (χ0n) is 12.3. The number of benzene rings is 1. The average Bonchev–Trinajstić information content (AvgIpc) is 2.43. The number of hydrogen-bond acceptors (Lipinski definition) is 3. The predicted octanol–water partition coefficient (Wildman–Crippen LogP) is 1.75. The standard InChI is InChI=1S/C16H24N2O2/c1-3-20-14-10-13(11-14)18-16(19)15-7-5-4-6-12(15)8-9-17-2/h4-7,13-14,17H,3,8-11H2,1-2H3,(H,18,19). The fraction of sp³-hybridized carbons (Fsp3) is 0.562. The molecule has 1 aliphatic carbocycles. The van der Waals surface area contributed by atoms with Crippen LogP contribution in [-0.4, -0.2) is 38.3 Å². The molecule has 2 N–H and O–H groups in total. The highest BCUT2D eigenvalue weighted by molar-refractivity contribution is 5.95. The molecule has 0 spiro atoms. The van der Waals surface area contributed by atoms with Gasteiger partial charge in [-0.25, -0.2) is 0 Å². The molecule has 1 amide bonds. The van der Waals surface area contributed by atoms with E-state index in [0.29, 0.717) is 6.10 Å². The van der Waals surface area contributed by atoms with Crippen molar-refractivity contribution >= 4 is 5.91 Å². The number of ether oxygens (including phenoxy) is 1. The molecule has 1 aliphatic rings. The first-order valence-electron chi connectivity index (χ1n) is 7.39. The van der Waals surface area contributed by atoms with Crippen molar-refractivity contribution < 1.29 is 9.53 Å². The molecule has 1 aromatic rings. The Hall–Kier alpha value is -1.39. The highest BCUT2D eigenvalue weighted by Gasteiger charge is 2.31.